The van der Waals surface area contributed by atoms with Gasteiger partial charge in [0.25, 0.3) is 0 Å². The van der Waals surface area contributed by atoms with Gasteiger partial charge in [-0.25, -0.2) is 0 Å². The molecule has 0 saturated carbocycles. The summed E-state index contributed by atoms with van der Waals surface area (Å²) in [6, 6.07) is 7.40. The first-order valence-corrected chi connectivity index (χ1v) is 7.35. The standard InChI is InChI=1S/C13H18ClNO2S/c1-10(7-16)8-18-9-13(17)15-6-11-2-4-12(14)5-3-11/h2-5,10,16H,6-9H2,1H3,(H,15,17). The van der Waals surface area contributed by atoms with Crippen LogP contribution in [0.5, 0.6) is 0 Å². The molecule has 1 unspecified atom stereocenters. The molecule has 100 valence electrons. The molecule has 1 aromatic rings. The number of benzene rings is 1. The van der Waals surface area contributed by atoms with Crippen LogP contribution in [0.1, 0.15) is 12.5 Å². The third-order valence-electron chi connectivity index (χ3n) is 2.35. The Morgan fingerprint density at radius 1 is 1.44 bits per heavy atom. The van der Waals surface area contributed by atoms with Crippen molar-refractivity contribution in [3.8, 4) is 0 Å². The van der Waals surface area contributed by atoms with Crippen LogP contribution in [0.3, 0.4) is 0 Å². The summed E-state index contributed by atoms with van der Waals surface area (Å²) in [6.07, 6.45) is 0. The summed E-state index contributed by atoms with van der Waals surface area (Å²) < 4.78 is 0. The second-order valence-corrected chi connectivity index (χ2v) is 5.67. The smallest absolute Gasteiger partial charge is 0.230 e. The van der Waals surface area contributed by atoms with Crippen LogP contribution in [0.4, 0.5) is 0 Å². The highest BCUT2D eigenvalue weighted by atomic mass is 35.5. The zero-order chi connectivity index (χ0) is 13.4. The van der Waals surface area contributed by atoms with Crippen LogP contribution in [0.2, 0.25) is 5.02 Å². The van der Waals surface area contributed by atoms with Gasteiger partial charge in [-0.05, 0) is 29.4 Å². The van der Waals surface area contributed by atoms with E-state index in [-0.39, 0.29) is 18.4 Å². The molecule has 1 atom stereocenters. The molecular weight excluding hydrogens is 270 g/mol. The number of nitrogens with one attached hydrogen (secondary N) is 1. The van der Waals surface area contributed by atoms with Gasteiger partial charge in [0, 0.05) is 18.2 Å². The minimum absolute atomic E-state index is 0.0140. The molecule has 1 amide bonds. The van der Waals surface area contributed by atoms with Gasteiger partial charge in [0.05, 0.1) is 5.75 Å². The lowest BCUT2D eigenvalue weighted by Crippen LogP contribution is -2.25. The van der Waals surface area contributed by atoms with E-state index in [4.69, 9.17) is 16.7 Å². The summed E-state index contributed by atoms with van der Waals surface area (Å²) in [4.78, 5) is 11.5. The number of aliphatic hydroxyl groups excluding tert-OH is 1. The van der Waals surface area contributed by atoms with Crippen molar-refractivity contribution < 1.29 is 9.90 Å². The lowest BCUT2D eigenvalue weighted by Gasteiger charge is -2.08. The van der Waals surface area contributed by atoms with E-state index in [1.165, 1.54) is 11.8 Å². The maximum absolute atomic E-state index is 11.5. The second kappa shape index (κ2) is 8.40. The minimum Gasteiger partial charge on any atom is -0.396 e. The molecule has 0 radical (unpaired) electrons. The van der Waals surface area contributed by atoms with Crippen LogP contribution < -0.4 is 5.32 Å². The lowest BCUT2D eigenvalue weighted by molar-refractivity contribution is -0.118. The number of aliphatic hydroxyl groups is 1. The van der Waals surface area contributed by atoms with E-state index >= 15 is 0 Å². The summed E-state index contributed by atoms with van der Waals surface area (Å²) in [6.45, 7) is 2.64. The van der Waals surface area contributed by atoms with Crippen molar-refractivity contribution in [2.24, 2.45) is 5.92 Å². The van der Waals surface area contributed by atoms with Crippen molar-refractivity contribution in [1.82, 2.24) is 5.32 Å². The van der Waals surface area contributed by atoms with Gasteiger partial charge in [0.2, 0.25) is 5.91 Å². The lowest BCUT2D eigenvalue weighted by atomic mass is 10.2. The van der Waals surface area contributed by atoms with Crippen LogP contribution >= 0.6 is 23.4 Å². The molecule has 0 saturated heterocycles. The number of halogens is 1. The number of rotatable bonds is 7. The van der Waals surface area contributed by atoms with Crippen LogP contribution in [0, 0.1) is 5.92 Å². The first-order valence-electron chi connectivity index (χ1n) is 5.81. The molecule has 0 aromatic heterocycles. The van der Waals surface area contributed by atoms with Crippen molar-refractivity contribution in [3.05, 3.63) is 34.9 Å². The van der Waals surface area contributed by atoms with Crippen LogP contribution in [-0.2, 0) is 11.3 Å². The number of amides is 1. The number of hydrogen-bond donors (Lipinski definition) is 2. The molecule has 5 heteroatoms. The molecule has 0 spiro atoms. The Balaban J connectivity index is 2.19. The first-order chi connectivity index (χ1) is 8.61. The van der Waals surface area contributed by atoms with Gasteiger partial charge in [-0.15, -0.1) is 0 Å². The van der Waals surface area contributed by atoms with E-state index in [2.05, 4.69) is 5.32 Å². The Bertz CT molecular complexity index is 370. The Labute approximate surface area is 117 Å². The number of thioether (sulfide) groups is 1. The molecule has 0 bridgehead atoms. The molecule has 0 aliphatic rings. The predicted octanol–water partition coefficient (Wildman–Crippen LogP) is 2.32. The molecule has 18 heavy (non-hydrogen) atoms. The van der Waals surface area contributed by atoms with Crippen LogP contribution in [0.25, 0.3) is 0 Å². The molecule has 1 aromatic carbocycles. The van der Waals surface area contributed by atoms with Gasteiger partial charge in [-0.1, -0.05) is 30.7 Å². The van der Waals surface area contributed by atoms with E-state index in [9.17, 15) is 4.79 Å². The summed E-state index contributed by atoms with van der Waals surface area (Å²) >= 11 is 7.31. The molecule has 2 N–H and O–H groups in total. The average molecular weight is 288 g/mol. The molecule has 0 aliphatic carbocycles. The van der Waals surface area contributed by atoms with E-state index < -0.39 is 0 Å². The molecule has 0 aliphatic heterocycles. The van der Waals surface area contributed by atoms with Crippen molar-refractivity contribution in [3.63, 3.8) is 0 Å². The third kappa shape index (κ3) is 6.28. The fraction of sp³-hybridized carbons (Fsp3) is 0.462. The Kier molecular flexibility index (Phi) is 7.16. The van der Waals surface area contributed by atoms with E-state index in [1.54, 1.807) is 12.1 Å². The normalized spacial score (nSPS) is 12.2. The van der Waals surface area contributed by atoms with Gasteiger partial charge < -0.3 is 10.4 Å². The highest BCUT2D eigenvalue weighted by Gasteiger charge is 2.04. The SMILES string of the molecule is CC(CO)CSCC(=O)NCc1ccc(Cl)cc1. The number of carbonyl (C=O) groups excluding carboxylic acids is 1. The highest BCUT2D eigenvalue weighted by molar-refractivity contribution is 7.99. The minimum atomic E-state index is 0.0140. The largest absolute Gasteiger partial charge is 0.396 e. The molecule has 3 nitrogen and oxygen atoms in total. The molecule has 0 heterocycles. The van der Waals surface area contributed by atoms with Gasteiger partial charge in [-0.2, -0.15) is 11.8 Å². The zero-order valence-corrected chi connectivity index (χ0v) is 11.9. The maximum Gasteiger partial charge on any atom is 0.230 e. The summed E-state index contributed by atoms with van der Waals surface area (Å²) in [5.41, 5.74) is 1.03. The fourth-order valence-electron chi connectivity index (χ4n) is 1.26. The third-order valence-corrected chi connectivity index (χ3v) is 3.87. The summed E-state index contributed by atoms with van der Waals surface area (Å²) in [5, 5.41) is 12.4. The topological polar surface area (TPSA) is 49.3 Å². The van der Waals surface area contributed by atoms with Gasteiger partial charge in [0.15, 0.2) is 0 Å². The number of carbonyl (C=O) groups is 1. The van der Waals surface area contributed by atoms with E-state index in [0.29, 0.717) is 17.3 Å². The van der Waals surface area contributed by atoms with E-state index in [1.807, 2.05) is 19.1 Å². The van der Waals surface area contributed by atoms with Crippen molar-refractivity contribution >= 4 is 29.3 Å². The average Bonchev–Trinajstić information content (AvgIpc) is 2.38. The predicted molar refractivity (Wildman–Crippen MR) is 76.9 cm³/mol. The molecule has 0 fully saturated rings. The first kappa shape index (κ1) is 15.3. The van der Waals surface area contributed by atoms with Crippen molar-refractivity contribution in [1.29, 1.82) is 0 Å². The van der Waals surface area contributed by atoms with Gasteiger partial charge in [0.1, 0.15) is 0 Å². The zero-order valence-electron chi connectivity index (χ0n) is 10.4. The highest BCUT2D eigenvalue weighted by Crippen LogP contribution is 2.10. The summed E-state index contributed by atoms with van der Waals surface area (Å²) in [5.74, 6) is 1.47. The fourth-order valence-corrected chi connectivity index (χ4v) is 2.30. The van der Waals surface area contributed by atoms with Gasteiger partial charge in [-0.3, -0.25) is 4.79 Å². The maximum atomic E-state index is 11.5. The van der Waals surface area contributed by atoms with Crippen LogP contribution in [0.15, 0.2) is 24.3 Å². The Morgan fingerprint density at radius 3 is 2.72 bits per heavy atom. The summed E-state index contributed by atoms with van der Waals surface area (Å²) in [7, 11) is 0. The van der Waals surface area contributed by atoms with Gasteiger partial charge >= 0.3 is 0 Å². The monoisotopic (exact) mass is 287 g/mol. The second-order valence-electron chi connectivity index (χ2n) is 4.21. The quantitative estimate of drug-likeness (QED) is 0.809. The van der Waals surface area contributed by atoms with Crippen molar-refractivity contribution in [2.45, 2.75) is 13.5 Å². The number of hydrogen-bond acceptors (Lipinski definition) is 3. The Morgan fingerprint density at radius 2 is 2.11 bits per heavy atom. The van der Waals surface area contributed by atoms with Crippen molar-refractivity contribution in [2.75, 3.05) is 18.1 Å². The van der Waals surface area contributed by atoms with E-state index in [0.717, 1.165) is 11.3 Å². The van der Waals surface area contributed by atoms with Crippen LogP contribution in [-0.4, -0.2) is 29.1 Å². The molecule has 1 rings (SSSR count). The molecular formula is C13H18ClNO2S. The Hall–Kier alpha value is -0.710.